The Hall–Kier alpha value is -0.900. The minimum absolute atomic E-state index is 0.134. The van der Waals surface area contributed by atoms with Gasteiger partial charge in [-0.1, -0.05) is 29.8 Å². The molecule has 0 aliphatic carbocycles. The molecule has 96 valence electrons. The van der Waals surface area contributed by atoms with Gasteiger partial charge in [0.1, 0.15) is 5.82 Å². The van der Waals surface area contributed by atoms with Crippen molar-refractivity contribution in [3.63, 3.8) is 0 Å². The predicted octanol–water partition coefficient (Wildman–Crippen LogP) is 4.43. The summed E-state index contributed by atoms with van der Waals surface area (Å²) in [6.07, 6.45) is 0.689. The fourth-order valence-corrected chi connectivity index (χ4v) is 2.78. The monoisotopic (exact) mass is 283 g/mol. The van der Waals surface area contributed by atoms with Gasteiger partial charge in [-0.25, -0.2) is 4.39 Å². The first-order valence-electron chi connectivity index (χ1n) is 5.87. The number of halogens is 2. The molecule has 0 radical (unpaired) electrons. The summed E-state index contributed by atoms with van der Waals surface area (Å²) in [6.45, 7) is 2.83. The zero-order chi connectivity index (χ0) is 13.0. The summed E-state index contributed by atoms with van der Waals surface area (Å²) in [6, 6.07) is 9.09. The van der Waals surface area contributed by atoms with Crippen LogP contribution in [0.4, 0.5) is 4.39 Å². The minimum Gasteiger partial charge on any atom is -0.310 e. The van der Waals surface area contributed by atoms with Crippen LogP contribution in [0.2, 0.25) is 4.34 Å². The van der Waals surface area contributed by atoms with E-state index in [4.69, 9.17) is 11.6 Å². The van der Waals surface area contributed by atoms with E-state index in [1.54, 1.807) is 6.07 Å². The normalized spacial score (nSPS) is 12.6. The molecule has 0 saturated carbocycles. The molecule has 1 atom stereocenters. The molecular formula is C14H15ClFNS. The summed E-state index contributed by atoms with van der Waals surface area (Å²) in [7, 11) is 0. The van der Waals surface area contributed by atoms with Gasteiger partial charge in [-0.2, -0.15) is 0 Å². The predicted molar refractivity (Wildman–Crippen MR) is 75.9 cm³/mol. The molecule has 18 heavy (non-hydrogen) atoms. The molecule has 0 aliphatic heterocycles. The first-order valence-corrected chi connectivity index (χ1v) is 7.13. The van der Waals surface area contributed by atoms with Gasteiger partial charge >= 0.3 is 0 Å². The van der Waals surface area contributed by atoms with Crippen molar-refractivity contribution < 1.29 is 4.39 Å². The van der Waals surface area contributed by atoms with Crippen molar-refractivity contribution in [3.8, 4) is 0 Å². The number of nitrogens with one attached hydrogen (secondary N) is 1. The molecule has 1 heterocycles. The second kappa shape index (κ2) is 6.32. The molecule has 2 aromatic rings. The Labute approximate surface area is 116 Å². The fourth-order valence-electron chi connectivity index (χ4n) is 1.79. The highest BCUT2D eigenvalue weighted by Gasteiger charge is 2.07. The number of benzene rings is 1. The maximum absolute atomic E-state index is 13.4. The van der Waals surface area contributed by atoms with E-state index in [1.807, 2.05) is 23.6 Å². The van der Waals surface area contributed by atoms with Crippen LogP contribution in [0.25, 0.3) is 0 Å². The van der Waals surface area contributed by atoms with Crippen LogP contribution in [0, 0.1) is 5.82 Å². The number of hydrogen-bond acceptors (Lipinski definition) is 2. The number of thiophene rings is 1. The quantitative estimate of drug-likeness (QED) is 0.856. The van der Waals surface area contributed by atoms with Gasteiger partial charge < -0.3 is 5.32 Å². The van der Waals surface area contributed by atoms with Gasteiger partial charge in [-0.3, -0.25) is 0 Å². The Kier molecular flexibility index (Phi) is 4.75. The average molecular weight is 284 g/mol. The van der Waals surface area contributed by atoms with E-state index < -0.39 is 0 Å². The van der Waals surface area contributed by atoms with Crippen LogP contribution >= 0.6 is 22.9 Å². The smallest absolute Gasteiger partial charge is 0.126 e. The van der Waals surface area contributed by atoms with Gasteiger partial charge in [0.25, 0.3) is 0 Å². The molecule has 0 aliphatic rings. The molecule has 0 bridgehead atoms. The Morgan fingerprint density at radius 2 is 2.17 bits per heavy atom. The van der Waals surface area contributed by atoms with Crippen LogP contribution in [0.5, 0.6) is 0 Å². The Morgan fingerprint density at radius 1 is 1.39 bits per heavy atom. The van der Waals surface area contributed by atoms with E-state index in [0.29, 0.717) is 6.42 Å². The fraction of sp³-hybridized carbons (Fsp3) is 0.286. The van der Waals surface area contributed by atoms with Crippen LogP contribution in [0.15, 0.2) is 35.7 Å². The molecule has 1 aromatic carbocycles. The van der Waals surface area contributed by atoms with Crippen molar-refractivity contribution in [2.75, 3.05) is 6.54 Å². The maximum Gasteiger partial charge on any atom is 0.126 e. The first-order chi connectivity index (χ1) is 8.66. The SMILES string of the molecule is CC(NCCc1ccccc1F)c1csc(Cl)c1. The van der Waals surface area contributed by atoms with Crippen molar-refractivity contribution in [2.24, 2.45) is 0 Å². The van der Waals surface area contributed by atoms with Crippen molar-refractivity contribution >= 4 is 22.9 Å². The molecule has 0 fully saturated rings. The molecule has 2 rings (SSSR count). The molecular weight excluding hydrogens is 269 g/mol. The molecule has 1 N–H and O–H groups in total. The van der Waals surface area contributed by atoms with Crippen LogP contribution in [0.3, 0.4) is 0 Å². The minimum atomic E-state index is -0.134. The lowest BCUT2D eigenvalue weighted by atomic mass is 10.1. The molecule has 0 amide bonds. The van der Waals surface area contributed by atoms with E-state index in [-0.39, 0.29) is 11.9 Å². The third kappa shape index (κ3) is 3.55. The van der Waals surface area contributed by atoms with Gasteiger partial charge in [0.15, 0.2) is 0 Å². The van der Waals surface area contributed by atoms with Gasteiger partial charge in [0.2, 0.25) is 0 Å². The van der Waals surface area contributed by atoms with E-state index in [2.05, 4.69) is 12.2 Å². The zero-order valence-electron chi connectivity index (χ0n) is 10.1. The second-order valence-corrected chi connectivity index (χ2v) is 5.74. The standard InChI is InChI=1S/C14H15ClFNS/c1-10(12-8-14(15)18-9-12)17-7-6-11-4-2-3-5-13(11)16/h2-5,8-10,17H,6-7H2,1H3. The lowest BCUT2D eigenvalue weighted by molar-refractivity contribution is 0.560. The highest BCUT2D eigenvalue weighted by atomic mass is 35.5. The van der Waals surface area contributed by atoms with Gasteiger partial charge in [0.05, 0.1) is 4.34 Å². The third-order valence-corrected chi connectivity index (χ3v) is 4.00. The van der Waals surface area contributed by atoms with Gasteiger partial charge in [-0.05, 0) is 48.5 Å². The Balaban J connectivity index is 1.84. The number of hydrogen-bond donors (Lipinski definition) is 1. The van der Waals surface area contributed by atoms with E-state index >= 15 is 0 Å². The second-order valence-electron chi connectivity index (χ2n) is 4.20. The summed E-state index contributed by atoms with van der Waals surface area (Å²) in [5, 5.41) is 5.41. The van der Waals surface area contributed by atoms with Gasteiger partial charge in [0, 0.05) is 6.04 Å². The molecule has 0 saturated heterocycles. The van der Waals surface area contributed by atoms with Crippen LogP contribution in [0.1, 0.15) is 24.1 Å². The highest BCUT2D eigenvalue weighted by Crippen LogP contribution is 2.24. The van der Waals surface area contributed by atoms with E-state index in [0.717, 1.165) is 16.4 Å². The summed E-state index contributed by atoms with van der Waals surface area (Å²) >= 11 is 7.43. The average Bonchev–Trinajstić information content (AvgIpc) is 2.78. The van der Waals surface area contributed by atoms with Crippen molar-refractivity contribution in [3.05, 3.63) is 57.0 Å². The molecule has 4 heteroatoms. The van der Waals surface area contributed by atoms with Crippen LogP contribution in [-0.4, -0.2) is 6.54 Å². The third-order valence-electron chi connectivity index (χ3n) is 2.89. The summed E-state index contributed by atoms with van der Waals surface area (Å²) in [5.41, 5.74) is 1.93. The largest absolute Gasteiger partial charge is 0.310 e. The lowest BCUT2D eigenvalue weighted by Crippen LogP contribution is -2.21. The van der Waals surface area contributed by atoms with Crippen molar-refractivity contribution in [2.45, 2.75) is 19.4 Å². The zero-order valence-corrected chi connectivity index (χ0v) is 11.7. The maximum atomic E-state index is 13.4. The first kappa shape index (κ1) is 13.5. The van der Waals surface area contributed by atoms with Crippen LogP contribution in [-0.2, 0) is 6.42 Å². The van der Waals surface area contributed by atoms with E-state index in [9.17, 15) is 4.39 Å². The summed E-state index contributed by atoms with van der Waals surface area (Å²) in [5.74, 6) is -0.134. The molecule has 0 spiro atoms. The lowest BCUT2D eigenvalue weighted by Gasteiger charge is -2.12. The van der Waals surface area contributed by atoms with E-state index in [1.165, 1.54) is 23.0 Å². The van der Waals surface area contributed by atoms with Gasteiger partial charge in [-0.15, -0.1) is 11.3 Å². The summed E-state index contributed by atoms with van der Waals surface area (Å²) in [4.78, 5) is 0. The van der Waals surface area contributed by atoms with Crippen molar-refractivity contribution in [1.82, 2.24) is 5.32 Å². The highest BCUT2D eigenvalue weighted by molar-refractivity contribution is 7.14. The Bertz CT molecular complexity index is 512. The summed E-state index contributed by atoms with van der Waals surface area (Å²) < 4.78 is 14.2. The topological polar surface area (TPSA) is 12.0 Å². The molecule has 1 nitrogen and oxygen atoms in total. The van der Waals surface area contributed by atoms with Crippen LogP contribution < -0.4 is 5.32 Å². The van der Waals surface area contributed by atoms with Crippen molar-refractivity contribution in [1.29, 1.82) is 0 Å². The Morgan fingerprint density at radius 3 is 2.83 bits per heavy atom. The molecule has 1 unspecified atom stereocenters. The molecule has 1 aromatic heterocycles. The number of rotatable bonds is 5.